The molecule has 1 aromatic carbocycles. The second-order valence-corrected chi connectivity index (χ2v) is 6.41. The second kappa shape index (κ2) is 9.12. The minimum Gasteiger partial charge on any atom is -0.493 e. The van der Waals surface area contributed by atoms with Crippen LogP contribution in [-0.4, -0.2) is 26.7 Å². The monoisotopic (exact) mass is 375 g/mol. The first-order chi connectivity index (χ1) is 12.8. The molecule has 27 heavy (non-hydrogen) atoms. The van der Waals surface area contributed by atoms with E-state index >= 15 is 0 Å². The number of benzene rings is 1. The number of rotatable bonds is 8. The number of carbonyl (C=O) groups excluding carboxylic acids is 1. The number of methoxy groups -OCH3 is 2. The summed E-state index contributed by atoms with van der Waals surface area (Å²) in [6, 6.07) is 6.56. The van der Waals surface area contributed by atoms with Gasteiger partial charge < -0.3 is 23.9 Å². The summed E-state index contributed by atoms with van der Waals surface area (Å²) in [6.45, 7) is 5.37. The SMILES string of the molecule is COc1ccc(C(NC(=O)COc2coc(C)cc2=O)C(C)C)cc1OC. The van der Waals surface area contributed by atoms with Crippen molar-refractivity contribution in [3.8, 4) is 17.2 Å². The summed E-state index contributed by atoms with van der Waals surface area (Å²) in [5.41, 5.74) is 0.553. The van der Waals surface area contributed by atoms with Crippen molar-refractivity contribution in [2.75, 3.05) is 20.8 Å². The molecule has 1 atom stereocenters. The summed E-state index contributed by atoms with van der Waals surface area (Å²) in [7, 11) is 3.13. The summed E-state index contributed by atoms with van der Waals surface area (Å²) in [5, 5.41) is 2.93. The Morgan fingerprint density at radius 3 is 2.41 bits per heavy atom. The maximum Gasteiger partial charge on any atom is 0.258 e. The predicted molar refractivity (Wildman–Crippen MR) is 100 cm³/mol. The molecule has 0 spiro atoms. The summed E-state index contributed by atoms with van der Waals surface area (Å²) in [5.74, 6) is 1.46. The van der Waals surface area contributed by atoms with E-state index in [9.17, 15) is 9.59 Å². The minimum absolute atomic E-state index is 0.00274. The number of nitrogens with one attached hydrogen (secondary N) is 1. The largest absolute Gasteiger partial charge is 0.493 e. The molecular weight excluding hydrogens is 350 g/mol. The highest BCUT2D eigenvalue weighted by Gasteiger charge is 2.20. The van der Waals surface area contributed by atoms with E-state index in [-0.39, 0.29) is 35.7 Å². The number of hydrogen-bond donors (Lipinski definition) is 1. The molecule has 0 saturated carbocycles. The highest BCUT2D eigenvalue weighted by molar-refractivity contribution is 5.78. The first-order valence-electron chi connectivity index (χ1n) is 8.59. The molecule has 146 valence electrons. The van der Waals surface area contributed by atoms with E-state index in [0.717, 1.165) is 5.56 Å². The average Bonchev–Trinajstić information content (AvgIpc) is 2.64. The average molecular weight is 375 g/mol. The fourth-order valence-corrected chi connectivity index (χ4v) is 2.64. The quantitative estimate of drug-likeness (QED) is 0.763. The molecule has 1 aromatic heterocycles. The van der Waals surface area contributed by atoms with Crippen molar-refractivity contribution in [1.82, 2.24) is 5.32 Å². The lowest BCUT2D eigenvalue weighted by Gasteiger charge is -2.24. The first-order valence-corrected chi connectivity index (χ1v) is 8.59. The van der Waals surface area contributed by atoms with Crippen molar-refractivity contribution in [3.63, 3.8) is 0 Å². The molecule has 0 aliphatic rings. The topological polar surface area (TPSA) is 87.0 Å². The van der Waals surface area contributed by atoms with Crippen molar-refractivity contribution in [2.24, 2.45) is 5.92 Å². The van der Waals surface area contributed by atoms with Gasteiger partial charge in [0.25, 0.3) is 5.91 Å². The molecule has 1 unspecified atom stereocenters. The highest BCUT2D eigenvalue weighted by atomic mass is 16.5. The number of ether oxygens (including phenoxy) is 3. The van der Waals surface area contributed by atoms with Crippen LogP contribution in [-0.2, 0) is 4.79 Å². The zero-order chi connectivity index (χ0) is 20.0. The van der Waals surface area contributed by atoms with Gasteiger partial charge in [-0.15, -0.1) is 0 Å². The van der Waals surface area contributed by atoms with Gasteiger partial charge in [-0.3, -0.25) is 9.59 Å². The molecule has 2 rings (SSSR count). The summed E-state index contributed by atoms with van der Waals surface area (Å²) in [6.07, 6.45) is 1.21. The minimum atomic E-state index is -0.344. The number of hydrogen-bond acceptors (Lipinski definition) is 6. The Balaban J connectivity index is 2.09. The summed E-state index contributed by atoms with van der Waals surface area (Å²) >= 11 is 0. The number of aryl methyl sites for hydroxylation is 1. The lowest BCUT2D eigenvalue weighted by atomic mass is 9.95. The summed E-state index contributed by atoms with van der Waals surface area (Å²) in [4.78, 5) is 24.1. The van der Waals surface area contributed by atoms with E-state index in [1.165, 1.54) is 12.3 Å². The Morgan fingerprint density at radius 2 is 1.81 bits per heavy atom. The number of amides is 1. The molecule has 1 heterocycles. The van der Waals surface area contributed by atoms with Crippen LogP contribution in [0.25, 0.3) is 0 Å². The fraction of sp³-hybridized carbons (Fsp3) is 0.400. The van der Waals surface area contributed by atoms with Crippen LogP contribution in [0.15, 0.2) is 39.7 Å². The third-order valence-electron chi connectivity index (χ3n) is 4.04. The fourth-order valence-electron chi connectivity index (χ4n) is 2.64. The van der Waals surface area contributed by atoms with Crippen LogP contribution in [0.5, 0.6) is 17.2 Å². The van der Waals surface area contributed by atoms with Crippen LogP contribution in [0.3, 0.4) is 0 Å². The van der Waals surface area contributed by atoms with Crippen LogP contribution in [0.4, 0.5) is 0 Å². The van der Waals surface area contributed by atoms with Gasteiger partial charge in [0, 0.05) is 6.07 Å². The third-order valence-corrected chi connectivity index (χ3v) is 4.04. The van der Waals surface area contributed by atoms with Gasteiger partial charge in [0.15, 0.2) is 18.1 Å². The van der Waals surface area contributed by atoms with Crippen molar-refractivity contribution in [1.29, 1.82) is 0 Å². The Labute approximate surface area is 158 Å². The van der Waals surface area contributed by atoms with Crippen LogP contribution in [0.1, 0.15) is 31.2 Å². The van der Waals surface area contributed by atoms with Crippen molar-refractivity contribution < 1.29 is 23.4 Å². The molecular formula is C20H25NO6. The Morgan fingerprint density at radius 1 is 1.11 bits per heavy atom. The molecule has 0 saturated heterocycles. The molecule has 0 bridgehead atoms. The predicted octanol–water partition coefficient (Wildman–Crippen LogP) is 2.86. The van der Waals surface area contributed by atoms with E-state index in [2.05, 4.69) is 5.32 Å². The molecule has 7 nitrogen and oxygen atoms in total. The molecule has 1 N–H and O–H groups in total. The maximum absolute atomic E-state index is 12.3. The number of carbonyl (C=O) groups is 1. The van der Waals surface area contributed by atoms with Crippen LogP contribution in [0, 0.1) is 12.8 Å². The van der Waals surface area contributed by atoms with Gasteiger partial charge in [0.1, 0.15) is 12.0 Å². The van der Waals surface area contributed by atoms with Crippen LogP contribution >= 0.6 is 0 Å². The molecule has 2 aromatic rings. The molecule has 0 radical (unpaired) electrons. The first kappa shape index (κ1) is 20.4. The highest BCUT2D eigenvalue weighted by Crippen LogP contribution is 2.32. The van der Waals surface area contributed by atoms with E-state index < -0.39 is 0 Å². The smallest absolute Gasteiger partial charge is 0.258 e. The van der Waals surface area contributed by atoms with Crippen molar-refractivity contribution >= 4 is 5.91 Å². The van der Waals surface area contributed by atoms with E-state index in [0.29, 0.717) is 17.3 Å². The molecule has 0 fully saturated rings. The Bertz CT molecular complexity index is 843. The van der Waals surface area contributed by atoms with Gasteiger partial charge in [-0.05, 0) is 30.5 Å². The van der Waals surface area contributed by atoms with Gasteiger partial charge in [0.2, 0.25) is 11.2 Å². The molecule has 7 heteroatoms. The van der Waals surface area contributed by atoms with Crippen LogP contribution < -0.4 is 25.0 Å². The molecule has 0 aliphatic heterocycles. The summed E-state index contributed by atoms with van der Waals surface area (Å²) < 4.78 is 21.0. The zero-order valence-corrected chi connectivity index (χ0v) is 16.2. The van der Waals surface area contributed by atoms with E-state index in [4.69, 9.17) is 18.6 Å². The van der Waals surface area contributed by atoms with Gasteiger partial charge >= 0.3 is 0 Å². The molecule has 0 aliphatic carbocycles. The normalized spacial score (nSPS) is 11.8. The standard InChI is InChI=1S/C20H25NO6/c1-12(2)20(14-6-7-16(24-4)17(9-14)25-5)21-19(23)11-27-18-10-26-13(3)8-15(18)22/h6-10,12,20H,11H2,1-5H3,(H,21,23). The van der Waals surface area contributed by atoms with E-state index in [1.54, 1.807) is 27.2 Å². The van der Waals surface area contributed by atoms with Gasteiger partial charge in [-0.2, -0.15) is 0 Å². The molecule has 1 amide bonds. The van der Waals surface area contributed by atoms with Crippen molar-refractivity contribution in [3.05, 3.63) is 52.1 Å². The Kier molecular flexibility index (Phi) is 6.87. The lowest BCUT2D eigenvalue weighted by Crippen LogP contribution is -2.35. The zero-order valence-electron chi connectivity index (χ0n) is 16.2. The third kappa shape index (κ3) is 5.26. The maximum atomic E-state index is 12.3. The van der Waals surface area contributed by atoms with E-state index in [1.807, 2.05) is 26.0 Å². The van der Waals surface area contributed by atoms with Gasteiger partial charge in [-0.1, -0.05) is 19.9 Å². The van der Waals surface area contributed by atoms with Crippen LogP contribution in [0.2, 0.25) is 0 Å². The van der Waals surface area contributed by atoms with Gasteiger partial charge in [-0.25, -0.2) is 0 Å². The van der Waals surface area contributed by atoms with Gasteiger partial charge in [0.05, 0.1) is 20.3 Å². The lowest BCUT2D eigenvalue weighted by molar-refractivity contribution is -0.124. The Hall–Kier alpha value is -2.96. The second-order valence-electron chi connectivity index (χ2n) is 6.41. The van der Waals surface area contributed by atoms with Crippen molar-refractivity contribution in [2.45, 2.75) is 26.8 Å².